The summed E-state index contributed by atoms with van der Waals surface area (Å²) in [4.78, 5) is 0.105. The Balaban J connectivity index is 3.30. The highest BCUT2D eigenvalue weighted by molar-refractivity contribution is 7.90. The van der Waals surface area contributed by atoms with Gasteiger partial charge in [-0.15, -0.1) is 0 Å². The first-order chi connectivity index (χ1) is 6.36. The van der Waals surface area contributed by atoms with Crippen LogP contribution in [-0.2, 0) is 16.5 Å². The number of hydrogen-bond donors (Lipinski definition) is 3. The average Bonchev–Trinajstić information content (AvgIpc) is 2.46. The third kappa shape index (κ3) is 2.11. The molecule has 0 amide bonds. The highest BCUT2D eigenvalue weighted by atomic mass is 32.2. The van der Waals surface area contributed by atoms with Gasteiger partial charge in [-0.1, -0.05) is 0 Å². The van der Waals surface area contributed by atoms with Crippen molar-refractivity contribution < 1.29 is 9.32 Å². The molecule has 0 aliphatic heterocycles. The van der Waals surface area contributed by atoms with Gasteiger partial charge >= 0.3 is 0 Å². The Kier molecular flexibility index (Phi) is 2.93. The van der Waals surface area contributed by atoms with E-state index in [4.69, 9.17) is 15.0 Å². The number of aliphatic hydroxyl groups is 1. The van der Waals surface area contributed by atoms with Crippen LogP contribution < -0.4 is 5.14 Å². The van der Waals surface area contributed by atoms with E-state index in [1.807, 2.05) is 13.8 Å². The quantitative estimate of drug-likeness (QED) is 0.676. The number of nitrogens with two attached hydrogens (primary N) is 1. The lowest BCUT2D eigenvalue weighted by Gasteiger charge is -2.02. The first-order valence-corrected chi connectivity index (χ1v) is 5.74. The van der Waals surface area contributed by atoms with Gasteiger partial charge < -0.3 is 5.11 Å². The molecule has 0 spiro atoms. The molecule has 0 aliphatic rings. The van der Waals surface area contributed by atoms with Crippen LogP contribution in [0.2, 0.25) is 0 Å². The average molecular weight is 218 g/mol. The highest BCUT2D eigenvalue weighted by Crippen LogP contribution is 2.15. The summed E-state index contributed by atoms with van der Waals surface area (Å²) in [6.07, 6.45) is 1.45. The van der Waals surface area contributed by atoms with E-state index in [0.717, 1.165) is 0 Å². The molecule has 1 aromatic rings. The molecule has 1 aromatic heterocycles. The zero-order valence-corrected chi connectivity index (χ0v) is 8.91. The molecule has 0 aliphatic carbocycles. The monoisotopic (exact) mass is 218 g/mol. The molecular formula is C7H14N4O2S. The van der Waals surface area contributed by atoms with Crippen LogP contribution in [0, 0.1) is 4.78 Å². The lowest BCUT2D eigenvalue weighted by Crippen LogP contribution is -2.11. The maximum absolute atomic E-state index is 11.3. The summed E-state index contributed by atoms with van der Waals surface area (Å²) in [6.45, 7) is 3.42. The summed E-state index contributed by atoms with van der Waals surface area (Å²) in [5.74, 6) is 0. The lowest BCUT2D eigenvalue weighted by atomic mass is 10.4. The smallest absolute Gasteiger partial charge is 0.135 e. The molecule has 0 bridgehead atoms. The van der Waals surface area contributed by atoms with Gasteiger partial charge in [-0.05, 0) is 13.8 Å². The van der Waals surface area contributed by atoms with E-state index in [1.165, 1.54) is 10.9 Å². The molecule has 0 saturated carbocycles. The molecule has 1 unspecified atom stereocenters. The van der Waals surface area contributed by atoms with Crippen molar-refractivity contribution in [1.29, 1.82) is 4.78 Å². The second-order valence-electron chi connectivity index (χ2n) is 3.27. The summed E-state index contributed by atoms with van der Waals surface area (Å²) in [6, 6.07) is 0.0794. The third-order valence-corrected chi connectivity index (χ3v) is 2.77. The van der Waals surface area contributed by atoms with E-state index in [9.17, 15) is 4.21 Å². The Morgan fingerprint density at radius 1 is 1.79 bits per heavy atom. The Labute approximate surface area is 82.8 Å². The predicted molar refractivity (Wildman–Crippen MR) is 51.9 cm³/mol. The molecule has 14 heavy (non-hydrogen) atoms. The predicted octanol–water partition coefficient (Wildman–Crippen LogP) is 0.236. The van der Waals surface area contributed by atoms with Crippen LogP contribution in [0.3, 0.4) is 0 Å². The molecular weight excluding hydrogens is 204 g/mol. The number of nitrogens with zero attached hydrogens (tertiary/aromatic N) is 2. The summed E-state index contributed by atoms with van der Waals surface area (Å²) < 4.78 is 20.0. The molecule has 0 fully saturated rings. The third-order valence-electron chi connectivity index (χ3n) is 1.78. The second-order valence-corrected chi connectivity index (χ2v) is 4.91. The number of aliphatic hydroxyl groups excluding tert-OH is 1. The fourth-order valence-electron chi connectivity index (χ4n) is 1.04. The minimum atomic E-state index is -3.30. The van der Waals surface area contributed by atoms with E-state index >= 15 is 0 Å². The zero-order chi connectivity index (χ0) is 10.9. The van der Waals surface area contributed by atoms with Gasteiger partial charge in [0, 0.05) is 12.2 Å². The van der Waals surface area contributed by atoms with Crippen LogP contribution in [0.15, 0.2) is 11.1 Å². The fourth-order valence-corrected chi connectivity index (χ4v) is 1.76. The van der Waals surface area contributed by atoms with Gasteiger partial charge in [-0.25, -0.2) is 14.1 Å². The summed E-state index contributed by atoms with van der Waals surface area (Å²) in [5.41, 5.74) is 0.209. The van der Waals surface area contributed by atoms with Crippen molar-refractivity contribution in [1.82, 2.24) is 9.78 Å². The van der Waals surface area contributed by atoms with Crippen LogP contribution in [0.4, 0.5) is 0 Å². The Morgan fingerprint density at radius 2 is 2.36 bits per heavy atom. The van der Waals surface area contributed by atoms with E-state index in [-0.39, 0.29) is 23.2 Å². The van der Waals surface area contributed by atoms with Crippen LogP contribution >= 0.6 is 0 Å². The van der Waals surface area contributed by atoms with Gasteiger partial charge in [0.05, 0.1) is 6.61 Å². The Bertz CT molecular complexity index is 421. The standard InChI is InChI=1S/C7H14N4O2S/c1-5(2)11-3-7(14(8,9)13)6(4-12)10-11/h3,5,12H,4H2,1-2H3,(H3,8,9,13). The van der Waals surface area contributed by atoms with Crippen molar-refractivity contribution in [3.05, 3.63) is 11.9 Å². The second kappa shape index (κ2) is 3.68. The molecule has 4 N–H and O–H groups in total. The molecule has 0 aromatic carbocycles. The van der Waals surface area contributed by atoms with Gasteiger partial charge in [0.25, 0.3) is 0 Å². The number of aromatic nitrogens is 2. The van der Waals surface area contributed by atoms with Gasteiger partial charge in [-0.2, -0.15) is 5.10 Å². The maximum atomic E-state index is 11.3. The number of hydrogen-bond acceptors (Lipinski definition) is 4. The highest BCUT2D eigenvalue weighted by Gasteiger charge is 2.16. The van der Waals surface area contributed by atoms with E-state index in [1.54, 1.807) is 0 Å². The lowest BCUT2D eigenvalue weighted by molar-refractivity contribution is 0.271. The van der Waals surface area contributed by atoms with E-state index in [0.29, 0.717) is 0 Å². The number of nitrogens with one attached hydrogen (secondary N) is 1. The molecule has 80 valence electrons. The van der Waals surface area contributed by atoms with Crippen LogP contribution in [0.25, 0.3) is 0 Å². The minimum absolute atomic E-state index is 0.0794. The van der Waals surface area contributed by atoms with E-state index < -0.39 is 9.92 Å². The van der Waals surface area contributed by atoms with E-state index in [2.05, 4.69) is 5.10 Å². The van der Waals surface area contributed by atoms with Crippen LogP contribution in [-0.4, -0.2) is 19.1 Å². The molecule has 0 saturated heterocycles. The maximum Gasteiger partial charge on any atom is 0.135 e. The van der Waals surface area contributed by atoms with Gasteiger partial charge in [0.1, 0.15) is 20.5 Å². The molecule has 1 rings (SSSR count). The van der Waals surface area contributed by atoms with Crippen molar-refractivity contribution in [2.45, 2.75) is 31.4 Å². The van der Waals surface area contributed by atoms with Crippen LogP contribution in [0.5, 0.6) is 0 Å². The summed E-state index contributed by atoms with van der Waals surface area (Å²) >= 11 is 0. The van der Waals surface area contributed by atoms with Crippen LogP contribution in [0.1, 0.15) is 25.6 Å². The first-order valence-electron chi connectivity index (χ1n) is 4.11. The molecule has 6 nitrogen and oxygen atoms in total. The van der Waals surface area contributed by atoms with Crippen molar-refractivity contribution in [3.8, 4) is 0 Å². The molecule has 7 heteroatoms. The SMILES string of the molecule is CC(C)n1cc(S(=N)(N)=O)c(CO)n1. The number of rotatable bonds is 3. The van der Waals surface area contributed by atoms with Gasteiger partial charge in [-0.3, -0.25) is 4.68 Å². The minimum Gasteiger partial charge on any atom is -0.390 e. The van der Waals surface area contributed by atoms with Crippen molar-refractivity contribution in [2.75, 3.05) is 0 Å². The topological polar surface area (TPSA) is 105 Å². The summed E-state index contributed by atoms with van der Waals surface area (Å²) in [5, 5.41) is 18.1. The summed E-state index contributed by atoms with van der Waals surface area (Å²) in [7, 11) is -3.30. The Hall–Kier alpha value is -0.920. The van der Waals surface area contributed by atoms with Crippen molar-refractivity contribution in [2.24, 2.45) is 5.14 Å². The molecule has 1 heterocycles. The van der Waals surface area contributed by atoms with Gasteiger partial charge in [0.2, 0.25) is 0 Å². The Morgan fingerprint density at radius 3 is 2.64 bits per heavy atom. The normalized spacial score (nSPS) is 15.8. The van der Waals surface area contributed by atoms with Crippen molar-refractivity contribution >= 4 is 9.92 Å². The van der Waals surface area contributed by atoms with Gasteiger partial charge in [0.15, 0.2) is 0 Å². The molecule has 1 atom stereocenters. The van der Waals surface area contributed by atoms with Crippen molar-refractivity contribution in [3.63, 3.8) is 0 Å². The fraction of sp³-hybridized carbons (Fsp3) is 0.571. The first kappa shape index (κ1) is 11.2. The largest absolute Gasteiger partial charge is 0.390 e. The zero-order valence-electron chi connectivity index (χ0n) is 8.10. The molecule has 0 radical (unpaired) electrons.